The van der Waals surface area contributed by atoms with Crippen LogP contribution in [0.25, 0.3) is 0 Å². The molecule has 0 unspecified atom stereocenters. The highest BCUT2D eigenvalue weighted by Crippen LogP contribution is 2.40. The van der Waals surface area contributed by atoms with Gasteiger partial charge in [0.2, 0.25) is 5.91 Å². The molecule has 5 nitrogen and oxygen atoms in total. The minimum Gasteiger partial charge on any atom is -0.355 e. The summed E-state index contributed by atoms with van der Waals surface area (Å²) >= 11 is 1.85. The number of thiophene rings is 1. The molecule has 1 aromatic heterocycles. The van der Waals surface area contributed by atoms with Gasteiger partial charge < -0.3 is 16.0 Å². The molecule has 1 aromatic rings. The lowest BCUT2D eigenvalue weighted by molar-refractivity contribution is -0.120. The van der Waals surface area contributed by atoms with Crippen molar-refractivity contribution in [2.45, 2.75) is 50.9 Å². The summed E-state index contributed by atoms with van der Waals surface area (Å²) < 4.78 is 0. The molecule has 2 rings (SSSR count). The average Bonchev–Trinajstić information content (AvgIpc) is 3.16. The molecule has 1 fully saturated rings. The molecule has 1 heterocycles. The lowest BCUT2D eigenvalue weighted by Crippen LogP contribution is -2.48. The number of guanidine groups is 1. The first kappa shape index (κ1) is 22.2. The van der Waals surface area contributed by atoms with Gasteiger partial charge in [0.15, 0.2) is 5.96 Å². The molecule has 1 amide bonds. The Balaban J connectivity index is 0.00000312. The number of nitrogens with one attached hydrogen (secondary N) is 3. The molecular formula is C18H31IN4OS. The van der Waals surface area contributed by atoms with E-state index in [1.54, 1.807) is 7.05 Å². The average molecular weight is 478 g/mol. The Labute approximate surface area is 172 Å². The van der Waals surface area contributed by atoms with Crippen LogP contribution in [0.2, 0.25) is 0 Å². The molecule has 0 atom stereocenters. The predicted molar refractivity (Wildman–Crippen MR) is 117 cm³/mol. The van der Waals surface area contributed by atoms with E-state index in [0.717, 1.165) is 13.0 Å². The second-order valence-electron chi connectivity index (χ2n) is 6.45. The van der Waals surface area contributed by atoms with Crippen LogP contribution in [0.15, 0.2) is 22.5 Å². The van der Waals surface area contributed by atoms with Crippen LogP contribution in [-0.4, -0.2) is 38.5 Å². The molecule has 0 aliphatic heterocycles. The second kappa shape index (κ2) is 11.7. The first-order valence-electron chi connectivity index (χ1n) is 8.95. The highest BCUT2D eigenvalue weighted by atomic mass is 127. The van der Waals surface area contributed by atoms with Gasteiger partial charge in [-0.25, -0.2) is 0 Å². The third kappa shape index (κ3) is 6.77. The van der Waals surface area contributed by atoms with Gasteiger partial charge in [0.1, 0.15) is 0 Å². The highest BCUT2D eigenvalue weighted by molar-refractivity contribution is 14.0. The van der Waals surface area contributed by atoms with E-state index in [1.165, 1.54) is 37.0 Å². The van der Waals surface area contributed by atoms with E-state index in [1.807, 2.05) is 18.3 Å². The molecule has 3 N–H and O–H groups in total. The Morgan fingerprint density at radius 1 is 1.24 bits per heavy atom. The van der Waals surface area contributed by atoms with E-state index in [4.69, 9.17) is 0 Å². The van der Waals surface area contributed by atoms with Crippen molar-refractivity contribution < 1.29 is 4.79 Å². The Bertz CT molecular complexity index is 527. The summed E-state index contributed by atoms with van der Waals surface area (Å²) in [5.41, 5.74) is 0.203. The zero-order valence-corrected chi connectivity index (χ0v) is 18.4. The summed E-state index contributed by atoms with van der Waals surface area (Å²) in [4.78, 5) is 17.4. The van der Waals surface area contributed by atoms with Gasteiger partial charge in [-0.05, 0) is 30.7 Å². The summed E-state index contributed by atoms with van der Waals surface area (Å²) in [5, 5.41) is 11.6. The molecule has 0 saturated heterocycles. The molecule has 142 valence electrons. The molecule has 0 spiro atoms. The summed E-state index contributed by atoms with van der Waals surface area (Å²) in [7, 11) is 1.75. The van der Waals surface area contributed by atoms with Gasteiger partial charge in [-0.15, -0.1) is 35.3 Å². The number of carbonyl (C=O) groups excluding carboxylic acids is 1. The maximum Gasteiger partial charge on any atom is 0.239 e. The molecule has 25 heavy (non-hydrogen) atoms. The van der Waals surface area contributed by atoms with Gasteiger partial charge in [0, 0.05) is 30.4 Å². The van der Waals surface area contributed by atoms with E-state index < -0.39 is 0 Å². The van der Waals surface area contributed by atoms with E-state index in [0.29, 0.717) is 12.5 Å². The van der Waals surface area contributed by atoms with Crippen molar-refractivity contribution in [3.8, 4) is 0 Å². The Morgan fingerprint density at radius 3 is 2.60 bits per heavy atom. The van der Waals surface area contributed by atoms with Gasteiger partial charge in [0.25, 0.3) is 0 Å². The van der Waals surface area contributed by atoms with Crippen molar-refractivity contribution in [3.05, 3.63) is 22.4 Å². The maximum atomic E-state index is 11.7. The summed E-state index contributed by atoms with van der Waals surface area (Å²) in [6.07, 6.45) is 7.28. The van der Waals surface area contributed by atoms with E-state index in [9.17, 15) is 4.79 Å². The highest BCUT2D eigenvalue weighted by Gasteiger charge is 2.34. The number of nitrogens with zero attached hydrogens (tertiary/aromatic N) is 1. The molecule has 0 bridgehead atoms. The third-order valence-corrected chi connectivity index (χ3v) is 5.78. The van der Waals surface area contributed by atoms with Crippen molar-refractivity contribution in [1.29, 1.82) is 0 Å². The molecule has 1 aliphatic carbocycles. The third-order valence-electron chi connectivity index (χ3n) is 4.66. The largest absolute Gasteiger partial charge is 0.355 e. The lowest BCUT2D eigenvalue weighted by atomic mass is 9.73. The fourth-order valence-corrected chi connectivity index (χ4v) is 4.27. The number of aliphatic imine (C=N–C) groups is 1. The first-order valence-corrected chi connectivity index (χ1v) is 9.83. The van der Waals surface area contributed by atoms with Gasteiger partial charge in [-0.3, -0.25) is 9.79 Å². The van der Waals surface area contributed by atoms with Crippen LogP contribution in [-0.2, 0) is 10.2 Å². The van der Waals surface area contributed by atoms with Crippen LogP contribution in [0.5, 0.6) is 0 Å². The number of carbonyl (C=O) groups is 1. The quantitative estimate of drug-likeness (QED) is 0.320. The monoisotopic (exact) mass is 478 g/mol. The molecule has 0 radical (unpaired) electrons. The molecule has 1 aliphatic rings. The lowest BCUT2D eigenvalue weighted by Gasteiger charge is -2.37. The van der Waals surface area contributed by atoms with Gasteiger partial charge in [0.05, 0.1) is 6.54 Å². The summed E-state index contributed by atoms with van der Waals surface area (Å²) in [6.45, 7) is 3.88. The van der Waals surface area contributed by atoms with Crippen molar-refractivity contribution in [2.24, 2.45) is 4.99 Å². The fourth-order valence-electron chi connectivity index (χ4n) is 3.28. The molecular weight excluding hydrogens is 447 g/mol. The Kier molecular flexibility index (Phi) is 10.4. The summed E-state index contributed by atoms with van der Waals surface area (Å²) in [6, 6.07) is 4.40. The Morgan fingerprint density at radius 2 is 2.00 bits per heavy atom. The van der Waals surface area contributed by atoms with Crippen LogP contribution in [0.4, 0.5) is 0 Å². The van der Waals surface area contributed by atoms with Crippen LogP contribution in [0.1, 0.15) is 50.3 Å². The number of halogens is 1. The van der Waals surface area contributed by atoms with Crippen LogP contribution in [0, 0.1) is 0 Å². The zero-order chi connectivity index (χ0) is 17.3. The van der Waals surface area contributed by atoms with Gasteiger partial charge in [-0.1, -0.05) is 32.3 Å². The molecule has 1 saturated carbocycles. The Hall–Kier alpha value is -0.830. The molecule has 0 aromatic carbocycles. The number of rotatable bonds is 7. The van der Waals surface area contributed by atoms with E-state index in [2.05, 4.69) is 38.5 Å². The number of amides is 1. The fraction of sp³-hybridized carbons (Fsp3) is 0.667. The zero-order valence-electron chi connectivity index (χ0n) is 15.3. The maximum absolute atomic E-state index is 11.7. The second-order valence-corrected chi connectivity index (χ2v) is 7.40. The topological polar surface area (TPSA) is 65.5 Å². The van der Waals surface area contributed by atoms with Crippen molar-refractivity contribution >= 4 is 47.2 Å². The first-order chi connectivity index (χ1) is 11.7. The number of hydrogen-bond acceptors (Lipinski definition) is 3. The minimum absolute atomic E-state index is 0. The number of hydrogen-bond donors (Lipinski definition) is 3. The smallest absolute Gasteiger partial charge is 0.239 e. The van der Waals surface area contributed by atoms with E-state index in [-0.39, 0.29) is 41.8 Å². The normalized spacial score (nSPS) is 16.6. The van der Waals surface area contributed by atoms with E-state index >= 15 is 0 Å². The summed E-state index contributed by atoms with van der Waals surface area (Å²) in [5.74, 6) is 0.702. The molecule has 7 heteroatoms. The van der Waals surface area contributed by atoms with Crippen LogP contribution < -0.4 is 16.0 Å². The van der Waals surface area contributed by atoms with Gasteiger partial charge in [-0.2, -0.15) is 0 Å². The van der Waals surface area contributed by atoms with Gasteiger partial charge >= 0.3 is 0 Å². The standard InChI is InChI=1S/C18H30N4OS.HI/c1-3-11-20-16(23)13-21-17(19-2)22-14-18(9-5-4-6-10-18)15-8-7-12-24-15;/h7-8,12H,3-6,9-11,13-14H2,1-2H3,(H,20,23)(H2,19,21,22);1H. The van der Waals surface area contributed by atoms with Crippen LogP contribution in [0.3, 0.4) is 0 Å². The minimum atomic E-state index is 0. The van der Waals surface area contributed by atoms with Crippen molar-refractivity contribution in [1.82, 2.24) is 16.0 Å². The SMILES string of the molecule is CCCNC(=O)CNC(=NC)NCC1(c2cccs2)CCCCC1.I. The predicted octanol–water partition coefficient (Wildman–Crippen LogP) is 3.26. The van der Waals surface area contributed by atoms with Crippen molar-refractivity contribution in [2.75, 3.05) is 26.7 Å². The van der Waals surface area contributed by atoms with Crippen molar-refractivity contribution in [3.63, 3.8) is 0 Å². The van der Waals surface area contributed by atoms with Crippen LogP contribution >= 0.6 is 35.3 Å².